The van der Waals surface area contributed by atoms with Crippen molar-refractivity contribution in [2.45, 2.75) is 38.8 Å². The second-order valence-corrected chi connectivity index (χ2v) is 4.27. The van der Waals surface area contributed by atoms with Crippen molar-refractivity contribution in [1.29, 1.82) is 0 Å². The number of ether oxygens (including phenoxy) is 1. The van der Waals surface area contributed by atoms with Gasteiger partial charge in [-0.25, -0.2) is 4.98 Å². The van der Waals surface area contributed by atoms with E-state index in [9.17, 15) is 8.78 Å². The number of hydrogen-bond donors (Lipinski definition) is 0. The minimum atomic E-state index is -2.79. The van der Waals surface area contributed by atoms with Crippen LogP contribution in [0.5, 0.6) is 5.75 Å². The molecule has 1 aliphatic rings. The Balaban J connectivity index is 2.06. The molecule has 1 saturated heterocycles. The largest absolute Gasteiger partial charge is 0.433 e. The molecular formula is C12H16F2N2O. The molecule has 17 heavy (non-hydrogen) atoms. The Bertz CT molecular complexity index is 356. The summed E-state index contributed by atoms with van der Waals surface area (Å²) in [4.78, 5) is 6.38. The lowest BCUT2D eigenvalue weighted by atomic mass is 10.0. The van der Waals surface area contributed by atoms with Gasteiger partial charge in [0.2, 0.25) is 0 Å². The van der Waals surface area contributed by atoms with Crippen molar-refractivity contribution >= 4 is 5.82 Å². The molecule has 0 radical (unpaired) electrons. The third-order valence-corrected chi connectivity index (χ3v) is 3.04. The first-order valence-electron chi connectivity index (χ1n) is 5.84. The molecular weight excluding hydrogens is 226 g/mol. The zero-order valence-corrected chi connectivity index (χ0v) is 9.77. The van der Waals surface area contributed by atoms with Crippen molar-refractivity contribution in [2.24, 2.45) is 0 Å². The van der Waals surface area contributed by atoms with Crippen LogP contribution in [0.15, 0.2) is 18.3 Å². The van der Waals surface area contributed by atoms with E-state index in [0.29, 0.717) is 6.04 Å². The number of hydrogen-bond acceptors (Lipinski definition) is 3. The van der Waals surface area contributed by atoms with E-state index in [1.54, 1.807) is 6.07 Å². The normalized spacial score (nSPS) is 20.7. The highest BCUT2D eigenvalue weighted by Crippen LogP contribution is 2.24. The van der Waals surface area contributed by atoms with Crippen LogP contribution in [0, 0.1) is 0 Å². The van der Waals surface area contributed by atoms with Crippen LogP contribution < -0.4 is 9.64 Å². The van der Waals surface area contributed by atoms with Gasteiger partial charge in [0.1, 0.15) is 11.6 Å². The minimum absolute atomic E-state index is 0.105. The van der Waals surface area contributed by atoms with E-state index in [0.717, 1.165) is 25.2 Å². The van der Waals surface area contributed by atoms with Crippen LogP contribution in [0.3, 0.4) is 0 Å². The molecule has 0 spiro atoms. The molecule has 2 rings (SSSR count). The molecule has 2 heterocycles. The quantitative estimate of drug-likeness (QED) is 0.814. The van der Waals surface area contributed by atoms with Crippen molar-refractivity contribution < 1.29 is 13.5 Å². The number of rotatable bonds is 3. The van der Waals surface area contributed by atoms with E-state index < -0.39 is 6.61 Å². The fraction of sp³-hybridized carbons (Fsp3) is 0.583. The molecule has 0 N–H and O–H groups in total. The smallest absolute Gasteiger partial charge is 0.387 e. The summed E-state index contributed by atoms with van der Waals surface area (Å²) in [5.41, 5.74) is 0. The Morgan fingerprint density at radius 3 is 2.82 bits per heavy atom. The van der Waals surface area contributed by atoms with Gasteiger partial charge in [-0.15, -0.1) is 0 Å². The van der Waals surface area contributed by atoms with Gasteiger partial charge in [-0.1, -0.05) is 0 Å². The maximum absolute atomic E-state index is 12.0. The van der Waals surface area contributed by atoms with Gasteiger partial charge in [0.25, 0.3) is 0 Å². The number of piperidine rings is 1. The van der Waals surface area contributed by atoms with Crippen molar-refractivity contribution in [3.63, 3.8) is 0 Å². The zero-order chi connectivity index (χ0) is 12.3. The van der Waals surface area contributed by atoms with Crippen LogP contribution in [-0.4, -0.2) is 24.2 Å². The summed E-state index contributed by atoms with van der Waals surface area (Å²) in [6.45, 7) is 0.338. The van der Waals surface area contributed by atoms with E-state index in [2.05, 4.69) is 21.5 Å². The SMILES string of the molecule is CC1CCCCN1c1ccc(OC(F)F)cn1. The standard InChI is InChI=1S/C12H16F2N2O/c1-9-4-2-3-7-16(9)11-6-5-10(8-15-11)17-12(13)14/h5-6,8-9,12H,2-4,7H2,1H3. The summed E-state index contributed by atoms with van der Waals surface area (Å²) >= 11 is 0. The fourth-order valence-electron chi connectivity index (χ4n) is 2.15. The van der Waals surface area contributed by atoms with Crippen LogP contribution in [0.1, 0.15) is 26.2 Å². The molecule has 94 valence electrons. The highest BCUT2D eigenvalue weighted by molar-refractivity contribution is 5.42. The molecule has 0 amide bonds. The Morgan fingerprint density at radius 2 is 2.24 bits per heavy atom. The molecule has 1 aromatic heterocycles. The number of halogens is 2. The van der Waals surface area contributed by atoms with Gasteiger partial charge in [-0.3, -0.25) is 0 Å². The van der Waals surface area contributed by atoms with Gasteiger partial charge in [0.05, 0.1) is 6.20 Å². The maximum atomic E-state index is 12.0. The van der Waals surface area contributed by atoms with E-state index in [1.807, 2.05) is 0 Å². The summed E-state index contributed by atoms with van der Waals surface area (Å²) in [5, 5.41) is 0. The zero-order valence-electron chi connectivity index (χ0n) is 9.77. The highest BCUT2D eigenvalue weighted by atomic mass is 19.3. The molecule has 3 nitrogen and oxygen atoms in total. The number of nitrogens with zero attached hydrogens (tertiary/aromatic N) is 2. The van der Waals surface area contributed by atoms with Crippen LogP contribution in [0.25, 0.3) is 0 Å². The van der Waals surface area contributed by atoms with E-state index in [-0.39, 0.29) is 5.75 Å². The first-order chi connectivity index (χ1) is 8.16. The predicted octanol–water partition coefficient (Wildman–Crippen LogP) is 3.06. The van der Waals surface area contributed by atoms with Crippen molar-refractivity contribution in [3.05, 3.63) is 18.3 Å². The molecule has 0 aromatic carbocycles. The van der Waals surface area contributed by atoms with Crippen molar-refractivity contribution in [2.75, 3.05) is 11.4 Å². The molecule has 1 unspecified atom stereocenters. The Hall–Kier alpha value is -1.39. The summed E-state index contributed by atoms with van der Waals surface area (Å²) in [6, 6.07) is 3.73. The third-order valence-electron chi connectivity index (χ3n) is 3.04. The number of alkyl halides is 2. The van der Waals surface area contributed by atoms with Crippen LogP contribution >= 0.6 is 0 Å². The van der Waals surface area contributed by atoms with Crippen LogP contribution in [0.2, 0.25) is 0 Å². The lowest BCUT2D eigenvalue weighted by Gasteiger charge is -2.34. The predicted molar refractivity (Wildman–Crippen MR) is 61.5 cm³/mol. The first-order valence-corrected chi connectivity index (χ1v) is 5.84. The average molecular weight is 242 g/mol. The minimum Gasteiger partial charge on any atom is -0.433 e. The van der Waals surface area contributed by atoms with Crippen molar-refractivity contribution in [3.8, 4) is 5.75 Å². The first kappa shape index (κ1) is 12.1. The summed E-state index contributed by atoms with van der Waals surface area (Å²) in [6.07, 6.45) is 4.89. The summed E-state index contributed by atoms with van der Waals surface area (Å²) < 4.78 is 28.2. The number of aromatic nitrogens is 1. The van der Waals surface area contributed by atoms with Gasteiger partial charge in [-0.05, 0) is 38.3 Å². The fourth-order valence-corrected chi connectivity index (χ4v) is 2.15. The van der Waals surface area contributed by atoms with Gasteiger partial charge < -0.3 is 9.64 Å². The van der Waals surface area contributed by atoms with E-state index >= 15 is 0 Å². The van der Waals surface area contributed by atoms with E-state index in [1.165, 1.54) is 18.7 Å². The molecule has 0 saturated carbocycles. The second kappa shape index (κ2) is 5.29. The van der Waals surface area contributed by atoms with Gasteiger partial charge in [0, 0.05) is 12.6 Å². The van der Waals surface area contributed by atoms with Gasteiger partial charge in [0.15, 0.2) is 0 Å². The molecule has 5 heteroatoms. The van der Waals surface area contributed by atoms with Crippen LogP contribution in [0.4, 0.5) is 14.6 Å². The van der Waals surface area contributed by atoms with E-state index in [4.69, 9.17) is 0 Å². The highest BCUT2D eigenvalue weighted by Gasteiger charge is 2.19. The molecule has 1 fully saturated rings. The second-order valence-electron chi connectivity index (χ2n) is 4.27. The molecule has 0 aliphatic carbocycles. The lowest BCUT2D eigenvalue weighted by Crippen LogP contribution is -2.37. The van der Waals surface area contributed by atoms with Gasteiger partial charge in [-0.2, -0.15) is 8.78 Å². The average Bonchev–Trinajstić information content (AvgIpc) is 2.30. The number of pyridine rings is 1. The maximum Gasteiger partial charge on any atom is 0.387 e. The Labute approximate surface area is 99.4 Å². The van der Waals surface area contributed by atoms with Gasteiger partial charge >= 0.3 is 6.61 Å². The molecule has 0 bridgehead atoms. The summed E-state index contributed by atoms with van der Waals surface area (Å²) in [5.74, 6) is 0.937. The third kappa shape index (κ3) is 3.05. The Kier molecular flexibility index (Phi) is 3.76. The lowest BCUT2D eigenvalue weighted by molar-refractivity contribution is -0.0500. The van der Waals surface area contributed by atoms with Crippen molar-refractivity contribution in [1.82, 2.24) is 4.98 Å². The molecule has 1 atom stereocenters. The topological polar surface area (TPSA) is 25.4 Å². The summed E-state index contributed by atoms with van der Waals surface area (Å²) in [7, 11) is 0. The number of anilines is 1. The molecule has 1 aromatic rings. The monoisotopic (exact) mass is 242 g/mol. The molecule has 1 aliphatic heterocycles. The Morgan fingerprint density at radius 1 is 1.41 bits per heavy atom. The van der Waals surface area contributed by atoms with Crippen LogP contribution in [-0.2, 0) is 0 Å².